The van der Waals surface area contributed by atoms with Crippen molar-refractivity contribution in [3.8, 4) is 5.75 Å². The van der Waals surface area contributed by atoms with Crippen LogP contribution in [-0.4, -0.2) is 18.2 Å². The van der Waals surface area contributed by atoms with E-state index in [-0.39, 0.29) is 11.7 Å². The Morgan fingerprint density at radius 2 is 2.21 bits per heavy atom. The van der Waals surface area contributed by atoms with Gasteiger partial charge in [-0.3, -0.25) is 4.79 Å². The second-order valence-corrected chi connectivity index (χ2v) is 3.81. The molecule has 0 saturated carbocycles. The maximum Gasteiger partial charge on any atom is 0.305 e. The van der Waals surface area contributed by atoms with Crippen molar-refractivity contribution < 1.29 is 14.6 Å². The van der Waals surface area contributed by atoms with Gasteiger partial charge in [0.2, 0.25) is 0 Å². The molecule has 1 rings (SSSR count). The van der Waals surface area contributed by atoms with Crippen LogP contribution in [0.25, 0.3) is 0 Å². The van der Waals surface area contributed by atoms with E-state index in [1.54, 1.807) is 12.1 Å². The van der Waals surface area contributed by atoms with Gasteiger partial charge in [-0.2, -0.15) is 0 Å². The number of hydrogen-bond donors (Lipinski definition) is 1. The van der Waals surface area contributed by atoms with E-state index in [9.17, 15) is 9.90 Å². The number of carbonyl (C=O) groups excluding carboxylic acids is 1. The van der Waals surface area contributed by atoms with Crippen LogP contribution in [-0.2, 0) is 16.0 Å². The third-order valence-corrected chi connectivity index (χ3v) is 2.25. The van der Waals surface area contributed by atoms with E-state index in [0.717, 1.165) is 10.0 Å². The third-order valence-electron chi connectivity index (χ3n) is 1.79. The van der Waals surface area contributed by atoms with Crippen LogP contribution in [0, 0.1) is 0 Å². The molecule has 0 unspecified atom stereocenters. The first-order chi connectivity index (χ1) is 6.61. The summed E-state index contributed by atoms with van der Waals surface area (Å²) in [6, 6.07) is 5.10. The lowest BCUT2D eigenvalue weighted by Gasteiger charge is -2.02. The predicted octanol–water partition coefficient (Wildman–Crippen LogP) is 2.26. The molecule has 76 valence electrons. The van der Waals surface area contributed by atoms with E-state index in [2.05, 4.69) is 20.7 Å². The van der Waals surface area contributed by atoms with Crippen molar-refractivity contribution in [1.82, 2.24) is 0 Å². The molecule has 0 bridgehead atoms. The Labute approximate surface area is 90.8 Å². The number of hydrogen-bond acceptors (Lipinski definition) is 3. The molecule has 1 N–H and O–H groups in total. The zero-order valence-corrected chi connectivity index (χ0v) is 9.37. The molecule has 0 aliphatic heterocycles. The van der Waals surface area contributed by atoms with Gasteiger partial charge < -0.3 is 9.84 Å². The molecule has 0 spiro atoms. The highest BCUT2D eigenvalue weighted by atomic mass is 79.9. The lowest BCUT2D eigenvalue weighted by molar-refractivity contribution is -0.140. The number of carbonyl (C=O) groups is 1. The topological polar surface area (TPSA) is 46.5 Å². The third kappa shape index (κ3) is 3.38. The van der Waals surface area contributed by atoms with Crippen LogP contribution < -0.4 is 0 Å². The number of ether oxygens (including phenoxy) is 1. The zero-order chi connectivity index (χ0) is 10.6. The number of halogens is 1. The molecular weight excluding hydrogens is 248 g/mol. The Morgan fingerprint density at radius 1 is 1.50 bits per heavy atom. The van der Waals surface area contributed by atoms with Crippen LogP contribution in [0.1, 0.15) is 12.0 Å². The van der Waals surface area contributed by atoms with Gasteiger partial charge in [-0.1, -0.05) is 15.9 Å². The number of benzene rings is 1. The summed E-state index contributed by atoms with van der Waals surface area (Å²) in [5.74, 6) is -0.0521. The molecule has 0 aromatic heterocycles. The first kappa shape index (κ1) is 11.0. The quantitative estimate of drug-likeness (QED) is 0.847. The van der Waals surface area contributed by atoms with E-state index < -0.39 is 0 Å². The molecule has 1 aromatic carbocycles. The van der Waals surface area contributed by atoms with Crippen molar-refractivity contribution in [1.29, 1.82) is 0 Å². The lowest BCUT2D eigenvalue weighted by atomic mass is 10.1. The molecule has 0 fully saturated rings. The molecular formula is C10H11BrO3. The molecule has 0 atom stereocenters. The second-order valence-electron chi connectivity index (χ2n) is 2.89. The fraction of sp³-hybridized carbons (Fsp3) is 0.300. The van der Waals surface area contributed by atoms with Crippen LogP contribution in [0.15, 0.2) is 22.7 Å². The molecule has 3 nitrogen and oxygen atoms in total. The summed E-state index contributed by atoms with van der Waals surface area (Å²) in [4.78, 5) is 10.9. The van der Waals surface area contributed by atoms with Crippen LogP contribution >= 0.6 is 15.9 Å². The highest BCUT2D eigenvalue weighted by Crippen LogP contribution is 2.21. The predicted molar refractivity (Wildman–Crippen MR) is 56.1 cm³/mol. The molecule has 1 aromatic rings. The molecule has 0 heterocycles. The summed E-state index contributed by atoms with van der Waals surface area (Å²) in [7, 11) is 1.36. The van der Waals surface area contributed by atoms with Crippen LogP contribution in [0.2, 0.25) is 0 Å². The highest BCUT2D eigenvalue weighted by molar-refractivity contribution is 9.10. The Balaban J connectivity index is 2.63. The average Bonchev–Trinajstić information content (AvgIpc) is 2.12. The van der Waals surface area contributed by atoms with Crippen molar-refractivity contribution in [2.75, 3.05) is 7.11 Å². The van der Waals surface area contributed by atoms with Gasteiger partial charge in [0.05, 0.1) is 7.11 Å². The fourth-order valence-corrected chi connectivity index (χ4v) is 1.65. The standard InChI is InChI=1S/C10H11BrO3/c1-14-10(13)3-2-7-4-8(11)6-9(12)5-7/h4-6,12H,2-3H2,1H3. The molecule has 0 aliphatic rings. The van der Waals surface area contributed by atoms with Crippen molar-refractivity contribution in [3.05, 3.63) is 28.2 Å². The van der Waals surface area contributed by atoms with Gasteiger partial charge in [-0.15, -0.1) is 0 Å². The number of esters is 1. The van der Waals surface area contributed by atoms with Gasteiger partial charge in [-0.25, -0.2) is 0 Å². The first-order valence-electron chi connectivity index (χ1n) is 4.17. The average molecular weight is 259 g/mol. The van der Waals surface area contributed by atoms with Gasteiger partial charge in [-0.05, 0) is 30.2 Å². The maximum atomic E-state index is 10.9. The van der Waals surface area contributed by atoms with Gasteiger partial charge >= 0.3 is 5.97 Å². The summed E-state index contributed by atoms with van der Waals surface area (Å²) in [5.41, 5.74) is 0.905. The molecule has 0 amide bonds. The summed E-state index contributed by atoms with van der Waals surface area (Å²) < 4.78 is 5.32. The first-order valence-corrected chi connectivity index (χ1v) is 4.96. The number of phenolic OH excluding ortho intramolecular Hbond substituents is 1. The summed E-state index contributed by atoms with van der Waals surface area (Å²) in [6.45, 7) is 0. The molecule has 14 heavy (non-hydrogen) atoms. The van der Waals surface area contributed by atoms with Gasteiger partial charge in [0, 0.05) is 10.9 Å². The largest absolute Gasteiger partial charge is 0.508 e. The fourth-order valence-electron chi connectivity index (χ4n) is 1.13. The minimum Gasteiger partial charge on any atom is -0.508 e. The number of aryl methyl sites for hydroxylation is 1. The Bertz CT molecular complexity index is 316. The minimum atomic E-state index is -0.246. The summed E-state index contributed by atoms with van der Waals surface area (Å²) >= 11 is 3.26. The summed E-state index contributed by atoms with van der Waals surface area (Å²) in [5, 5.41) is 9.27. The summed E-state index contributed by atoms with van der Waals surface area (Å²) in [6.07, 6.45) is 0.895. The van der Waals surface area contributed by atoms with E-state index in [1.807, 2.05) is 6.07 Å². The van der Waals surface area contributed by atoms with Crippen LogP contribution in [0.4, 0.5) is 0 Å². The normalized spacial score (nSPS) is 9.86. The van der Waals surface area contributed by atoms with Crippen molar-refractivity contribution in [2.45, 2.75) is 12.8 Å². The van der Waals surface area contributed by atoms with E-state index in [4.69, 9.17) is 0 Å². The van der Waals surface area contributed by atoms with E-state index >= 15 is 0 Å². The number of aromatic hydroxyl groups is 1. The van der Waals surface area contributed by atoms with Crippen molar-refractivity contribution >= 4 is 21.9 Å². The van der Waals surface area contributed by atoms with Crippen LogP contribution in [0.3, 0.4) is 0 Å². The number of methoxy groups -OCH3 is 1. The molecule has 0 radical (unpaired) electrons. The van der Waals surface area contributed by atoms with Gasteiger partial charge in [0.1, 0.15) is 5.75 Å². The SMILES string of the molecule is COC(=O)CCc1cc(O)cc(Br)c1. The molecule has 0 aliphatic carbocycles. The monoisotopic (exact) mass is 258 g/mol. The van der Waals surface area contributed by atoms with Crippen LogP contribution in [0.5, 0.6) is 5.75 Å². The number of rotatable bonds is 3. The lowest BCUT2D eigenvalue weighted by Crippen LogP contribution is -2.01. The smallest absolute Gasteiger partial charge is 0.305 e. The van der Waals surface area contributed by atoms with Crippen molar-refractivity contribution in [2.24, 2.45) is 0 Å². The molecule has 4 heteroatoms. The Hall–Kier alpha value is -1.03. The maximum absolute atomic E-state index is 10.9. The van der Waals surface area contributed by atoms with Gasteiger partial charge in [0.25, 0.3) is 0 Å². The Morgan fingerprint density at radius 3 is 2.79 bits per heavy atom. The minimum absolute atomic E-state index is 0.194. The zero-order valence-electron chi connectivity index (χ0n) is 7.79. The van der Waals surface area contributed by atoms with Crippen molar-refractivity contribution in [3.63, 3.8) is 0 Å². The highest BCUT2D eigenvalue weighted by Gasteiger charge is 2.03. The second kappa shape index (κ2) is 5.00. The van der Waals surface area contributed by atoms with E-state index in [1.165, 1.54) is 7.11 Å². The molecule has 0 saturated heterocycles. The van der Waals surface area contributed by atoms with Gasteiger partial charge in [0.15, 0.2) is 0 Å². The van der Waals surface area contributed by atoms with E-state index in [0.29, 0.717) is 12.8 Å². The number of phenols is 1. The Kier molecular flexibility index (Phi) is 3.95.